The molecule has 0 aromatic carbocycles. The van der Waals surface area contributed by atoms with E-state index in [0.717, 1.165) is 13.1 Å². The molecule has 2 fully saturated rings. The van der Waals surface area contributed by atoms with Gasteiger partial charge in [-0.05, 0) is 31.3 Å². The van der Waals surface area contributed by atoms with Crippen molar-refractivity contribution in [3.8, 4) is 0 Å². The molecule has 0 amide bonds. The molecule has 3 aliphatic rings. The summed E-state index contributed by atoms with van der Waals surface area (Å²) in [5.41, 5.74) is 0.667. The highest BCUT2D eigenvalue weighted by molar-refractivity contribution is 8.14. The van der Waals surface area contributed by atoms with Crippen LogP contribution in [0.2, 0.25) is 0 Å². The first-order valence-corrected chi connectivity index (χ1v) is 7.27. The fourth-order valence-corrected chi connectivity index (χ4v) is 4.12. The summed E-state index contributed by atoms with van der Waals surface area (Å²) in [5, 5.41) is 5.54. The largest absolute Gasteiger partial charge is 0.317 e. The van der Waals surface area contributed by atoms with Gasteiger partial charge in [-0.25, -0.2) is 0 Å². The molecule has 3 nitrogen and oxygen atoms in total. The van der Waals surface area contributed by atoms with E-state index in [1.54, 1.807) is 0 Å². The first-order chi connectivity index (χ1) is 7.76. The third-order valence-corrected chi connectivity index (χ3v) is 5.08. The second-order valence-electron chi connectivity index (χ2n) is 5.56. The zero-order valence-electron chi connectivity index (χ0n) is 10.0. The van der Waals surface area contributed by atoms with Gasteiger partial charge in [-0.3, -0.25) is 9.89 Å². The van der Waals surface area contributed by atoms with Crippen molar-refractivity contribution in [1.29, 1.82) is 0 Å². The van der Waals surface area contributed by atoms with Crippen molar-refractivity contribution in [2.75, 3.05) is 39.3 Å². The summed E-state index contributed by atoms with van der Waals surface area (Å²) in [7, 11) is 0. The van der Waals surface area contributed by atoms with Gasteiger partial charge in [-0.1, -0.05) is 6.92 Å². The van der Waals surface area contributed by atoms with Gasteiger partial charge in [0.05, 0.1) is 11.6 Å². The number of likely N-dealkylation sites (tertiary alicyclic amines) is 1. The van der Waals surface area contributed by atoms with Crippen LogP contribution in [-0.2, 0) is 0 Å². The average Bonchev–Trinajstić information content (AvgIpc) is 2.63. The van der Waals surface area contributed by atoms with Gasteiger partial charge in [-0.2, -0.15) is 0 Å². The van der Waals surface area contributed by atoms with E-state index in [9.17, 15) is 0 Å². The lowest BCUT2D eigenvalue weighted by molar-refractivity contribution is -0.0112. The van der Waals surface area contributed by atoms with E-state index in [1.807, 2.05) is 11.8 Å². The van der Waals surface area contributed by atoms with E-state index in [-0.39, 0.29) is 0 Å². The van der Waals surface area contributed by atoms with Crippen molar-refractivity contribution >= 4 is 16.8 Å². The minimum Gasteiger partial charge on any atom is -0.317 e. The molecule has 16 heavy (non-hydrogen) atoms. The number of nitrogens with zero attached hydrogens (tertiary/aromatic N) is 2. The lowest BCUT2D eigenvalue weighted by atomic mass is 9.72. The molecule has 3 aliphatic heterocycles. The Kier molecular flexibility index (Phi) is 2.98. The highest BCUT2D eigenvalue weighted by atomic mass is 32.2. The Morgan fingerprint density at radius 1 is 1.44 bits per heavy atom. The second kappa shape index (κ2) is 4.31. The van der Waals surface area contributed by atoms with Crippen molar-refractivity contribution in [2.45, 2.75) is 25.0 Å². The number of aliphatic imine (C=N–C) groups is 1. The average molecular weight is 239 g/mol. The molecule has 3 heterocycles. The second-order valence-corrected chi connectivity index (χ2v) is 7.07. The minimum absolute atomic E-state index is 0.667. The highest BCUT2D eigenvalue weighted by Gasteiger charge is 2.43. The molecule has 1 N–H and O–H groups in total. The fraction of sp³-hybridized carbons (Fsp3) is 0.917. The minimum atomic E-state index is 0.667. The van der Waals surface area contributed by atoms with Gasteiger partial charge < -0.3 is 5.32 Å². The first-order valence-electron chi connectivity index (χ1n) is 6.39. The Labute approximate surface area is 102 Å². The molecular weight excluding hydrogens is 218 g/mol. The normalized spacial score (nSPS) is 33.8. The van der Waals surface area contributed by atoms with Gasteiger partial charge in [0.2, 0.25) is 0 Å². The third kappa shape index (κ3) is 2.15. The number of rotatable bonds is 2. The molecule has 0 aliphatic carbocycles. The van der Waals surface area contributed by atoms with Crippen LogP contribution in [0.5, 0.6) is 0 Å². The zero-order chi connectivity index (χ0) is 11.0. The molecule has 4 heteroatoms. The maximum absolute atomic E-state index is 4.60. The Balaban J connectivity index is 1.46. The SMILES string of the molecule is CC1CN=C(CN2CC3(CCNCC3)C2)S1. The summed E-state index contributed by atoms with van der Waals surface area (Å²) < 4.78 is 0. The predicted molar refractivity (Wildman–Crippen MR) is 70.3 cm³/mol. The molecule has 0 aromatic heterocycles. The highest BCUT2D eigenvalue weighted by Crippen LogP contribution is 2.39. The Hall–Kier alpha value is -0.0600. The van der Waals surface area contributed by atoms with Crippen LogP contribution in [-0.4, -0.2) is 54.5 Å². The molecular formula is C12H21N3S. The van der Waals surface area contributed by atoms with E-state index >= 15 is 0 Å². The Bertz CT molecular complexity index is 289. The van der Waals surface area contributed by atoms with Crippen LogP contribution in [0.15, 0.2) is 4.99 Å². The summed E-state index contributed by atoms with van der Waals surface area (Å²) in [6.45, 7) is 9.48. The Morgan fingerprint density at radius 2 is 2.19 bits per heavy atom. The van der Waals surface area contributed by atoms with Gasteiger partial charge in [-0.15, -0.1) is 11.8 Å². The molecule has 3 rings (SSSR count). The molecule has 2 saturated heterocycles. The van der Waals surface area contributed by atoms with Crippen LogP contribution in [0.25, 0.3) is 0 Å². The number of hydrogen-bond donors (Lipinski definition) is 1. The molecule has 0 saturated carbocycles. The van der Waals surface area contributed by atoms with E-state index in [1.165, 1.54) is 44.1 Å². The van der Waals surface area contributed by atoms with Gasteiger partial charge in [0, 0.05) is 24.9 Å². The van der Waals surface area contributed by atoms with Crippen molar-refractivity contribution < 1.29 is 0 Å². The van der Waals surface area contributed by atoms with Crippen molar-refractivity contribution in [3.05, 3.63) is 0 Å². The summed E-state index contributed by atoms with van der Waals surface area (Å²) in [6.07, 6.45) is 2.75. The van der Waals surface area contributed by atoms with Crippen molar-refractivity contribution in [1.82, 2.24) is 10.2 Å². The molecule has 0 radical (unpaired) electrons. The lowest BCUT2D eigenvalue weighted by Gasteiger charge is -2.52. The molecule has 0 bridgehead atoms. The standard InChI is InChI=1S/C12H21N3S/c1-10-6-14-11(16-10)7-15-8-12(9-15)2-4-13-5-3-12/h10,13H,2-9H2,1H3. The quantitative estimate of drug-likeness (QED) is 0.785. The molecule has 1 unspecified atom stereocenters. The number of hydrogen-bond acceptors (Lipinski definition) is 4. The smallest absolute Gasteiger partial charge is 0.0820 e. The van der Waals surface area contributed by atoms with Crippen LogP contribution >= 0.6 is 11.8 Å². The number of piperidine rings is 1. The number of thioether (sulfide) groups is 1. The topological polar surface area (TPSA) is 27.6 Å². The Morgan fingerprint density at radius 3 is 2.81 bits per heavy atom. The summed E-state index contributed by atoms with van der Waals surface area (Å²) in [4.78, 5) is 7.18. The maximum atomic E-state index is 4.60. The molecule has 1 spiro atoms. The molecule has 1 atom stereocenters. The number of nitrogens with one attached hydrogen (secondary N) is 1. The fourth-order valence-electron chi connectivity index (χ4n) is 3.10. The summed E-state index contributed by atoms with van der Waals surface area (Å²) in [5.74, 6) is 0. The molecule has 90 valence electrons. The van der Waals surface area contributed by atoms with Crippen LogP contribution < -0.4 is 5.32 Å². The van der Waals surface area contributed by atoms with E-state index in [2.05, 4.69) is 22.1 Å². The third-order valence-electron chi connectivity index (χ3n) is 4.00. The van der Waals surface area contributed by atoms with Crippen LogP contribution in [0.1, 0.15) is 19.8 Å². The lowest BCUT2D eigenvalue weighted by Crippen LogP contribution is -2.60. The maximum Gasteiger partial charge on any atom is 0.0820 e. The van der Waals surface area contributed by atoms with E-state index < -0.39 is 0 Å². The van der Waals surface area contributed by atoms with E-state index in [4.69, 9.17) is 0 Å². The van der Waals surface area contributed by atoms with Gasteiger partial charge >= 0.3 is 0 Å². The van der Waals surface area contributed by atoms with Gasteiger partial charge in [0.15, 0.2) is 0 Å². The van der Waals surface area contributed by atoms with Crippen molar-refractivity contribution in [3.63, 3.8) is 0 Å². The van der Waals surface area contributed by atoms with Crippen LogP contribution in [0.4, 0.5) is 0 Å². The summed E-state index contributed by atoms with van der Waals surface area (Å²) >= 11 is 1.97. The van der Waals surface area contributed by atoms with Gasteiger partial charge in [0.1, 0.15) is 0 Å². The first kappa shape index (κ1) is 11.1. The predicted octanol–water partition coefficient (Wildman–Crippen LogP) is 1.21. The van der Waals surface area contributed by atoms with Gasteiger partial charge in [0.25, 0.3) is 0 Å². The van der Waals surface area contributed by atoms with E-state index in [0.29, 0.717) is 10.7 Å². The van der Waals surface area contributed by atoms with Crippen molar-refractivity contribution in [2.24, 2.45) is 10.4 Å². The zero-order valence-corrected chi connectivity index (χ0v) is 10.9. The van der Waals surface area contributed by atoms with Crippen LogP contribution in [0.3, 0.4) is 0 Å². The molecule has 0 aromatic rings. The monoisotopic (exact) mass is 239 g/mol. The van der Waals surface area contributed by atoms with Crippen LogP contribution in [0, 0.1) is 5.41 Å². The summed E-state index contributed by atoms with van der Waals surface area (Å²) in [6, 6.07) is 0.